The van der Waals surface area contributed by atoms with Crippen LogP contribution in [0.2, 0.25) is 0 Å². The molecule has 0 unspecified atom stereocenters. The van der Waals surface area contributed by atoms with Gasteiger partial charge in [0.25, 0.3) is 0 Å². The Kier molecular flexibility index (Phi) is 4.77. The summed E-state index contributed by atoms with van der Waals surface area (Å²) < 4.78 is 6.03. The Morgan fingerprint density at radius 3 is 2.63 bits per heavy atom. The summed E-state index contributed by atoms with van der Waals surface area (Å²) in [5, 5.41) is 15.5. The van der Waals surface area contributed by atoms with Gasteiger partial charge in [-0.3, -0.25) is 0 Å². The highest BCUT2D eigenvalue weighted by atomic mass is 16.5. The number of hydrogen-bond acceptors (Lipinski definition) is 4. The summed E-state index contributed by atoms with van der Waals surface area (Å²) >= 11 is 0. The molecule has 0 atom stereocenters. The number of amidine groups is 1. The Bertz CT molecular complexity index is 1210. The molecule has 0 saturated carbocycles. The number of aryl methyl sites for hydroxylation is 1. The number of hydrogen-bond donors (Lipinski definition) is 1. The minimum absolute atomic E-state index is 0.492. The first-order chi connectivity index (χ1) is 14.8. The van der Waals surface area contributed by atoms with Crippen LogP contribution in [0.15, 0.2) is 90.2 Å². The summed E-state index contributed by atoms with van der Waals surface area (Å²) in [5.74, 6) is 1.74. The highest BCUT2D eigenvalue weighted by molar-refractivity contribution is 6.10. The van der Waals surface area contributed by atoms with Crippen molar-refractivity contribution < 1.29 is 9.94 Å². The predicted molar refractivity (Wildman–Crippen MR) is 119 cm³/mol. The topological polar surface area (TPSA) is 58.0 Å². The second kappa shape index (κ2) is 7.87. The van der Waals surface area contributed by atoms with E-state index in [2.05, 4.69) is 34.4 Å². The van der Waals surface area contributed by atoms with Gasteiger partial charge in [0.1, 0.15) is 5.75 Å². The molecule has 1 aromatic heterocycles. The molecular weight excluding hydrogens is 374 g/mol. The van der Waals surface area contributed by atoms with Crippen LogP contribution in [-0.2, 0) is 6.42 Å². The molecule has 5 nitrogen and oxygen atoms in total. The zero-order chi connectivity index (χ0) is 20.3. The fraction of sp³-hybridized carbons (Fsp3) is 0.120. The van der Waals surface area contributed by atoms with Crippen LogP contribution in [-0.4, -0.2) is 22.6 Å². The van der Waals surface area contributed by atoms with E-state index in [0.29, 0.717) is 11.7 Å². The van der Waals surface area contributed by atoms with Crippen molar-refractivity contribution in [1.29, 1.82) is 0 Å². The Morgan fingerprint density at radius 2 is 1.77 bits per heavy atom. The molecule has 0 bridgehead atoms. The van der Waals surface area contributed by atoms with E-state index in [1.54, 1.807) is 12.3 Å². The lowest BCUT2D eigenvalue weighted by molar-refractivity contribution is 0.318. The molecule has 2 heterocycles. The summed E-state index contributed by atoms with van der Waals surface area (Å²) in [6.45, 7) is 0.796. The molecule has 5 heteroatoms. The van der Waals surface area contributed by atoms with E-state index < -0.39 is 0 Å². The highest BCUT2D eigenvalue weighted by Gasteiger charge is 2.22. The van der Waals surface area contributed by atoms with Gasteiger partial charge >= 0.3 is 0 Å². The zero-order valence-corrected chi connectivity index (χ0v) is 16.4. The second-order valence-corrected chi connectivity index (χ2v) is 7.27. The fourth-order valence-electron chi connectivity index (χ4n) is 3.99. The molecule has 148 valence electrons. The van der Waals surface area contributed by atoms with Crippen LogP contribution in [0.3, 0.4) is 0 Å². The van der Waals surface area contributed by atoms with Crippen molar-refractivity contribution in [1.82, 2.24) is 4.98 Å². The monoisotopic (exact) mass is 395 g/mol. The van der Waals surface area contributed by atoms with Gasteiger partial charge in [0.15, 0.2) is 5.84 Å². The normalized spacial score (nSPS) is 13.9. The first-order valence-corrected chi connectivity index (χ1v) is 10.0. The van der Waals surface area contributed by atoms with Gasteiger partial charge < -0.3 is 14.8 Å². The van der Waals surface area contributed by atoms with Gasteiger partial charge in [-0.1, -0.05) is 59.8 Å². The number of benzene rings is 3. The molecule has 1 aliphatic rings. The molecule has 0 amide bonds. The third-order valence-corrected chi connectivity index (χ3v) is 5.42. The van der Waals surface area contributed by atoms with Crippen molar-refractivity contribution in [3.05, 3.63) is 96.2 Å². The van der Waals surface area contributed by atoms with Crippen molar-refractivity contribution in [3.63, 3.8) is 0 Å². The number of anilines is 1. The molecule has 30 heavy (non-hydrogen) atoms. The molecule has 4 aromatic rings. The lowest BCUT2D eigenvalue weighted by Crippen LogP contribution is -2.36. The summed E-state index contributed by atoms with van der Waals surface area (Å²) in [6.07, 6.45) is 3.72. The average Bonchev–Trinajstić information content (AvgIpc) is 2.81. The van der Waals surface area contributed by atoms with Gasteiger partial charge in [-0.25, -0.2) is 4.98 Å². The van der Waals surface area contributed by atoms with Gasteiger partial charge in [-0.05, 0) is 42.0 Å². The van der Waals surface area contributed by atoms with E-state index in [1.165, 1.54) is 5.56 Å². The molecule has 1 N–H and O–H groups in total. The van der Waals surface area contributed by atoms with E-state index in [9.17, 15) is 5.21 Å². The van der Waals surface area contributed by atoms with E-state index >= 15 is 0 Å². The van der Waals surface area contributed by atoms with Gasteiger partial charge in [-0.15, -0.1) is 0 Å². The largest absolute Gasteiger partial charge is 0.438 e. The minimum atomic E-state index is 0.492. The first kappa shape index (κ1) is 18.2. The lowest BCUT2D eigenvalue weighted by atomic mass is 10.0. The SMILES string of the molecule is O/N=C(/c1ccc(Oc2cccc3ccccc23)nc1)N1CCCc2ccccc21. The van der Waals surface area contributed by atoms with Gasteiger partial charge in [-0.2, -0.15) is 0 Å². The highest BCUT2D eigenvalue weighted by Crippen LogP contribution is 2.30. The summed E-state index contributed by atoms with van der Waals surface area (Å²) in [6, 6.07) is 25.9. The van der Waals surface area contributed by atoms with Gasteiger partial charge in [0.2, 0.25) is 5.88 Å². The number of oxime groups is 1. The van der Waals surface area contributed by atoms with E-state index in [1.807, 2.05) is 53.4 Å². The standard InChI is InChI=1S/C25H21N3O2/c29-27-25(28-16-6-10-19-8-2-4-12-22(19)28)20-14-15-24(26-17-20)30-23-13-5-9-18-7-1-3-11-21(18)23/h1-5,7-9,11-15,17,29H,6,10,16H2/b27-25-. The van der Waals surface area contributed by atoms with Crippen LogP contribution in [0.25, 0.3) is 10.8 Å². The van der Waals surface area contributed by atoms with Gasteiger partial charge in [0, 0.05) is 35.4 Å². The molecule has 0 aliphatic carbocycles. The smallest absolute Gasteiger partial charge is 0.219 e. The minimum Gasteiger partial charge on any atom is -0.438 e. The molecule has 0 spiro atoms. The molecular formula is C25H21N3O2. The number of aromatic nitrogens is 1. The van der Waals surface area contributed by atoms with E-state index in [4.69, 9.17) is 4.74 Å². The zero-order valence-electron chi connectivity index (χ0n) is 16.4. The van der Waals surface area contributed by atoms with Crippen molar-refractivity contribution in [2.75, 3.05) is 11.4 Å². The number of pyridine rings is 1. The molecule has 0 fully saturated rings. The third-order valence-electron chi connectivity index (χ3n) is 5.42. The average molecular weight is 395 g/mol. The van der Waals surface area contributed by atoms with E-state index in [-0.39, 0.29) is 0 Å². The van der Waals surface area contributed by atoms with Crippen LogP contribution in [0.4, 0.5) is 5.69 Å². The Labute approximate surface area is 174 Å². The van der Waals surface area contributed by atoms with Crippen LogP contribution >= 0.6 is 0 Å². The quantitative estimate of drug-likeness (QED) is 0.212. The summed E-state index contributed by atoms with van der Waals surface area (Å²) in [4.78, 5) is 6.50. The second-order valence-electron chi connectivity index (χ2n) is 7.27. The predicted octanol–water partition coefficient (Wildman–Crippen LogP) is 5.62. The van der Waals surface area contributed by atoms with Crippen LogP contribution < -0.4 is 9.64 Å². The van der Waals surface area contributed by atoms with Crippen molar-refractivity contribution in [2.45, 2.75) is 12.8 Å². The number of nitrogens with zero attached hydrogens (tertiary/aromatic N) is 3. The van der Waals surface area contributed by atoms with Crippen LogP contribution in [0.1, 0.15) is 17.5 Å². The Balaban J connectivity index is 1.42. The maximum absolute atomic E-state index is 9.77. The number of ether oxygens (including phenoxy) is 1. The first-order valence-electron chi connectivity index (χ1n) is 10.0. The summed E-state index contributed by atoms with van der Waals surface area (Å²) in [5.41, 5.74) is 3.07. The Hall–Kier alpha value is -3.86. The number of fused-ring (bicyclic) bond motifs is 2. The molecule has 0 radical (unpaired) electrons. The molecule has 1 aliphatic heterocycles. The number of rotatable bonds is 3. The van der Waals surface area contributed by atoms with Crippen molar-refractivity contribution in [3.8, 4) is 11.6 Å². The maximum atomic E-state index is 9.77. The maximum Gasteiger partial charge on any atom is 0.219 e. The van der Waals surface area contributed by atoms with Crippen molar-refractivity contribution >= 4 is 22.3 Å². The fourth-order valence-corrected chi connectivity index (χ4v) is 3.99. The van der Waals surface area contributed by atoms with Crippen molar-refractivity contribution in [2.24, 2.45) is 5.16 Å². The van der Waals surface area contributed by atoms with Crippen LogP contribution in [0.5, 0.6) is 11.6 Å². The Morgan fingerprint density at radius 1 is 0.933 bits per heavy atom. The lowest BCUT2D eigenvalue weighted by Gasteiger charge is -2.31. The van der Waals surface area contributed by atoms with Crippen LogP contribution in [0, 0.1) is 0 Å². The summed E-state index contributed by atoms with van der Waals surface area (Å²) in [7, 11) is 0. The van der Waals surface area contributed by atoms with E-state index in [0.717, 1.165) is 47.2 Å². The number of para-hydroxylation sites is 1. The molecule has 0 saturated heterocycles. The molecule has 3 aromatic carbocycles. The molecule has 5 rings (SSSR count). The van der Waals surface area contributed by atoms with Gasteiger partial charge in [0.05, 0.1) is 0 Å². The third kappa shape index (κ3) is 3.35.